The summed E-state index contributed by atoms with van der Waals surface area (Å²) in [4.78, 5) is 22.7. The highest BCUT2D eigenvalue weighted by Gasteiger charge is 2.22. The number of benzene rings is 2. The topological polar surface area (TPSA) is 74.6 Å². The summed E-state index contributed by atoms with van der Waals surface area (Å²) in [6, 6.07) is 12.1. The van der Waals surface area contributed by atoms with E-state index >= 15 is 0 Å². The Balaban J connectivity index is 2.80. The van der Waals surface area contributed by atoms with Gasteiger partial charge in [0.1, 0.15) is 0 Å². The summed E-state index contributed by atoms with van der Waals surface area (Å²) < 4.78 is 0. The van der Waals surface area contributed by atoms with Gasteiger partial charge in [-0.2, -0.15) is 0 Å². The molecule has 2 aromatic carbocycles. The van der Waals surface area contributed by atoms with Crippen LogP contribution in [0.5, 0.6) is 0 Å². The van der Waals surface area contributed by atoms with Crippen molar-refractivity contribution in [3.05, 3.63) is 59.2 Å². The summed E-state index contributed by atoms with van der Waals surface area (Å²) >= 11 is 0. The van der Waals surface area contributed by atoms with Crippen LogP contribution in [0, 0.1) is 6.92 Å². The van der Waals surface area contributed by atoms with Gasteiger partial charge in [0.05, 0.1) is 11.1 Å². The molecule has 4 heteroatoms. The first-order valence-corrected chi connectivity index (χ1v) is 5.68. The van der Waals surface area contributed by atoms with Crippen molar-refractivity contribution in [2.24, 2.45) is 0 Å². The Morgan fingerprint density at radius 1 is 0.842 bits per heavy atom. The van der Waals surface area contributed by atoms with Crippen LogP contribution in [0.3, 0.4) is 0 Å². The second-order valence-corrected chi connectivity index (χ2v) is 4.16. The second-order valence-electron chi connectivity index (χ2n) is 4.16. The maximum atomic E-state index is 11.4. The van der Waals surface area contributed by atoms with E-state index in [9.17, 15) is 19.8 Å². The molecular weight excluding hydrogens is 244 g/mol. The molecule has 0 saturated carbocycles. The summed E-state index contributed by atoms with van der Waals surface area (Å²) in [5.74, 6) is -2.47. The van der Waals surface area contributed by atoms with Crippen molar-refractivity contribution in [2.45, 2.75) is 6.92 Å². The van der Waals surface area contributed by atoms with Crippen LogP contribution in [0.4, 0.5) is 0 Å². The number of aromatic carboxylic acids is 2. The van der Waals surface area contributed by atoms with Crippen molar-refractivity contribution in [3.8, 4) is 11.1 Å². The Morgan fingerprint density at radius 2 is 1.42 bits per heavy atom. The van der Waals surface area contributed by atoms with Crippen molar-refractivity contribution in [1.29, 1.82) is 0 Å². The van der Waals surface area contributed by atoms with E-state index in [0.717, 1.165) is 0 Å². The number of carboxylic acids is 2. The highest BCUT2D eigenvalue weighted by Crippen LogP contribution is 2.28. The Labute approximate surface area is 109 Å². The van der Waals surface area contributed by atoms with Gasteiger partial charge in [-0.05, 0) is 23.6 Å². The summed E-state index contributed by atoms with van der Waals surface area (Å²) in [6.07, 6.45) is 0. The quantitative estimate of drug-likeness (QED) is 0.885. The lowest BCUT2D eigenvalue weighted by Gasteiger charge is -2.11. The summed E-state index contributed by atoms with van der Waals surface area (Å²) in [7, 11) is 0. The van der Waals surface area contributed by atoms with Crippen LogP contribution in [-0.4, -0.2) is 22.2 Å². The third kappa shape index (κ3) is 2.33. The van der Waals surface area contributed by atoms with Gasteiger partial charge in [0, 0.05) is 0 Å². The van der Waals surface area contributed by atoms with E-state index in [0.29, 0.717) is 16.7 Å². The summed E-state index contributed by atoms with van der Waals surface area (Å²) in [6.45, 7) is 1.59. The minimum atomic E-state index is -1.24. The smallest absolute Gasteiger partial charge is 0.337 e. The SMILES string of the molecule is Cc1ccc(-c2ccccc2)c(C(=O)O)c1C(=O)O. The van der Waals surface area contributed by atoms with Gasteiger partial charge in [-0.3, -0.25) is 0 Å². The summed E-state index contributed by atoms with van der Waals surface area (Å²) in [5, 5.41) is 18.5. The molecule has 0 heterocycles. The molecule has 0 aliphatic heterocycles. The van der Waals surface area contributed by atoms with Crippen LogP contribution >= 0.6 is 0 Å². The zero-order chi connectivity index (χ0) is 14.0. The molecule has 0 atom stereocenters. The fourth-order valence-corrected chi connectivity index (χ4v) is 2.06. The van der Waals surface area contributed by atoms with Gasteiger partial charge < -0.3 is 10.2 Å². The summed E-state index contributed by atoms with van der Waals surface area (Å²) in [5.41, 5.74) is 1.20. The van der Waals surface area contributed by atoms with Crippen LogP contribution in [0.15, 0.2) is 42.5 Å². The lowest BCUT2D eigenvalue weighted by Crippen LogP contribution is -2.12. The van der Waals surface area contributed by atoms with Crippen molar-refractivity contribution in [2.75, 3.05) is 0 Å². The fraction of sp³-hybridized carbons (Fsp3) is 0.0667. The van der Waals surface area contributed by atoms with Crippen molar-refractivity contribution >= 4 is 11.9 Å². The van der Waals surface area contributed by atoms with E-state index in [2.05, 4.69) is 0 Å². The Bertz CT molecular complexity index is 645. The molecule has 19 heavy (non-hydrogen) atoms. The van der Waals surface area contributed by atoms with Crippen molar-refractivity contribution in [1.82, 2.24) is 0 Å². The molecular formula is C15H12O4. The van der Waals surface area contributed by atoms with E-state index in [1.54, 1.807) is 43.3 Å². The number of rotatable bonds is 3. The number of hydrogen-bond donors (Lipinski definition) is 2. The molecule has 0 radical (unpaired) electrons. The van der Waals surface area contributed by atoms with Gasteiger partial charge in [-0.15, -0.1) is 0 Å². The van der Waals surface area contributed by atoms with Gasteiger partial charge in [0.15, 0.2) is 0 Å². The zero-order valence-electron chi connectivity index (χ0n) is 10.3. The standard InChI is InChI=1S/C15H12O4/c1-9-7-8-11(10-5-3-2-4-6-10)13(15(18)19)12(9)14(16)17/h2-8H,1H3,(H,16,17)(H,18,19). The average molecular weight is 256 g/mol. The number of carbonyl (C=O) groups is 2. The largest absolute Gasteiger partial charge is 0.478 e. The number of carboxylic acid groups (broad SMARTS) is 2. The van der Waals surface area contributed by atoms with Gasteiger partial charge in [-0.1, -0.05) is 42.5 Å². The maximum absolute atomic E-state index is 11.4. The van der Waals surface area contributed by atoms with Crippen LogP contribution < -0.4 is 0 Å². The molecule has 96 valence electrons. The first-order valence-electron chi connectivity index (χ1n) is 5.68. The van der Waals surface area contributed by atoms with E-state index < -0.39 is 11.9 Å². The monoisotopic (exact) mass is 256 g/mol. The highest BCUT2D eigenvalue weighted by atomic mass is 16.4. The van der Waals surface area contributed by atoms with Crippen LogP contribution in [-0.2, 0) is 0 Å². The lowest BCUT2D eigenvalue weighted by molar-refractivity contribution is 0.0651. The van der Waals surface area contributed by atoms with Gasteiger partial charge >= 0.3 is 11.9 Å². The first-order chi connectivity index (χ1) is 9.02. The molecule has 0 aliphatic rings. The maximum Gasteiger partial charge on any atom is 0.337 e. The minimum Gasteiger partial charge on any atom is -0.478 e. The molecule has 0 amide bonds. The fourth-order valence-electron chi connectivity index (χ4n) is 2.06. The molecule has 2 rings (SSSR count). The molecule has 0 aromatic heterocycles. The van der Waals surface area contributed by atoms with E-state index in [-0.39, 0.29) is 11.1 Å². The lowest BCUT2D eigenvalue weighted by atomic mass is 9.92. The minimum absolute atomic E-state index is 0.158. The molecule has 0 unspecified atom stereocenters. The average Bonchev–Trinajstić information content (AvgIpc) is 2.38. The normalized spacial score (nSPS) is 10.2. The molecule has 0 fully saturated rings. The molecule has 0 saturated heterocycles. The predicted molar refractivity (Wildman–Crippen MR) is 70.5 cm³/mol. The molecule has 0 spiro atoms. The zero-order valence-corrected chi connectivity index (χ0v) is 10.3. The molecule has 4 nitrogen and oxygen atoms in total. The first kappa shape index (κ1) is 12.8. The van der Waals surface area contributed by atoms with Crippen molar-refractivity contribution < 1.29 is 19.8 Å². The van der Waals surface area contributed by atoms with Crippen LogP contribution in [0.1, 0.15) is 26.3 Å². The van der Waals surface area contributed by atoms with Crippen LogP contribution in [0.25, 0.3) is 11.1 Å². The molecule has 2 N–H and O–H groups in total. The van der Waals surface area contributed by atoms with Gasteiger partial charge in [0.2, 0.25) is 0 Å². The third-order valence-electron chi connectivity index (χ3n) is 2.93. The molecule has 0 aliphatic carbocycles. The van der Waals surface area contributed by atoms with E-state index in [1.165, 1.54) is 0 Å². The number of aryl methyl sites for hydroxylation is 1. The van der Waals surface area contributed by atoms with Crippen LogP contribution in [0.2, 0.25) is 0 Å². The number of hydrogen-bond acceptors (Lipinski definition) is 2. The van der Waals surface area contributed by atoms with Gasteiger partial charge in [0.25, 0.3) is 0 Å². The Morgan fingerprint density at radius 3 is 1.95 bits per heavy atom. The Kier molecular flexibility index (Phi) is 3.33. The van der Waals surface area contributed by atoms with Crippen molar-refractivity contribution in [3.63, 3.8) is 0 Å². The van der Waals surface area contributed by atoms with E-state index in [1.807, 2.05) is 6.07 Å². The second kappa shape index (κ2) is 4.94. The third-order valence-corrected chi connectivity index (χ3v) is 2.93. The Hall–Kier alpha value is -2.62. The van der Waals surface area contributed by atoms with E-state index in [4.69, 9.17) is 0 Å². The molecule has 0 bridgehead atoms. The highest BCUT2D eigenvalue weighted by molar-refractivity contribution is 6.07. The molecule has 2 aromatic rings. The van der Waals surface area contributed by atoms with Gasteiger partial charge in [-0.25, -0.2) is 9.59 Å². The predicted octanol–water partition coefficient (Wildman–Crippen LogP) is 3.06.